The lowest BCUT2D eigenvalue weighted by molar-refractivity contribution is 0.0694. The summed E-state index contributed by atoms with van der Waals surface area (Å²) >= 11 is 2.65. The number of rotatable bonds is 2. The van der Waals surface area contributed by atoms with Gasteiger partial charge < -0.3 is 5.11 Å². The Morgan fingerprint density at radius 3 is 2.57 bits per heavy atom. The lowest BCUT2D eigenvalue weighted by Gasteiger charge is -2.04. The third-order valence-corrected chi connectivity index (χ3v) is 2.03. The number of aromatic carboxylic acids is 1. The average Bonchev–Trinajstić information content (AvgIpc) is 2.02. The maximum atomic E-state index is 12.7. The first-order valence-corrected chi connectivity index (χ1v) is 4.10. The van der Waals surface area contributed by atoms with E-state index in [1.165, 1.54) is 0 Å². The molecule has 76 valence electrons. The molecule has 0 aliphatic rings. The van der Waals surface area contributed by atoms with E-state index in [4.69, 9.17) is 5.11 Å². The van der Waals surface area contributed by atoms with Crippen molar-refractivity contribution in [2.75, 3.05) is 0 Å². The number of nitrogens with zero attached hydrogens (tertiary/aromatic N) is 1. The van der Waals surface area contributed by atoms with Crippen molar-refractivity contribution in [3.8, 4) is 0 Å². The molecular formula is C7H3BrF3NO2. The van der Waals surface area contributed by atoms with Crippen molar-refractivity contribution < 1.29 is 23.1 Å². The van der Waals surface area contributed by atoms with E-state index in [0.29, 0.717) is 6.07 Å². The predicted octanol–water partition coefficient (Wildman–Crippen LogP) is 2.62. The van der Waals surface area contributed by atoms with Gasteiger partial charge >= 0.3 is 5.97 Å². The summed E-state index contributed by atoms with van der Waals surface area (Å²) in [5.74, 6) is -2.83. The van der Waals surface area contributed by atoms with Crippen LogP contribution in [-0.4, -0.2) is 16.1 Å². The molecule has 3 nitrogen and oxygen atoms in total. The lowest BCUT2D eigenvalue weighted by Crippen LogP contribution is -2.04. The number of pyridine rings is 1. The number of aromatic nitrogens is 1. The van der Waals surface area contributed by atoms with E-state index in [1.54, 1.807) is 0 Å². The highest BCUT2D eigenvalue weighted by molar-refractivity contribution is 9.10. The van der Waals surface area contributed by atoms with Gasteiger partial charge in [-0.2, -0.15) is 4.39 Å². The molecule has 1 rings (SSSR count). The molecule has 1 heterocycles. The Bertz CT molecular complexity index is 383. The number of hydrogen-bond acceptors (Lipinski definition) is 2. The average molecular weight is 270 g/mol. The summed E-state index contributed by atoms with van der Waals surface area (Å²) in [5.41, 5.74) is -1.52. The quantitative estimate of drug-likeness (QED) is 0.840. The van der Waals surface area contributed by atoms with Crippen molar-refractivity contribution in [3.05, 3.63) is 27.7 Å². The first kappa shape index (κ1) is 11.0. The Morgan fingerprint density at radius 2 is 2.14 bits per heavy atom. The van der Waals surface area contributed by atoms with Crippen LogP contribution < -0.4 is 0 Å². The van der Waals surface area contributed by atoms with Crippen molar-refractivity contribution in [2.45, 2.75) is 6.43 Å². The van der Waals surface area contributed by atoms with Crippen LogP contribution in [0, 0.1) is 5.95 Å². The van der Waals surface area contributed by atoms with Crippen LogP contribution in [0.5, 0.6) is 0 Å². The van der Waals surface area contributed by atoms with Gasteiger partial charge in [-0.25, -0.2) is 18.6 Å². The van der Waals surface area contributed by atoms with Crippen LogP contribution in [0.1, 0.15) is 22.3 Å². The molecule has 1 aromatic heterocycles. The Labute approximate surface area is 84.7 Å². The largest absolute Gasteiger partial charge is 0.478 e. The van der Waals surface area contributed by atoms with Crippen LogP contribution in [0.4, 0.5) is 13.2 Å². The molecule has 1 aromatic rings. The minimum Gasteiger partial charge on any atom is -0.478 e. The van der Waals surface area contributed by atoms with Crippen molar-refractivity contribution in [1.29, 1.82) is 0 Å². The molecular weight excluding hydrogens is 267 g/mol. The standard InChI is InChI=1S/C7H3BrF3NO2/c8-4-2(7(13)14)1-3(5(9)10)6(11)12-4/h1,5H,(H,13,14). The fraction of sp³-hybridized carbons (Fsp3) is 0.143. The zero-order valence-corrected chi connectivity index (χ0v) is 8.06. The van der Waals surface area contributed by atoms with Crippen LogP contribution in [0.15, 0.2) is 10.7 Å². The summed E-state index contributed by atoms with van der Waals surface area (Å²) < 4.78 is 36.6. The highest BCUT2D eigenvalue weighted by Gasteiger charge is 2.20. The van der Waals surface area contributed by atoms with E-state index in [1.807, 2.05) is 0 Å². The topological polar surface area (TPSA) is 50.2 Å². The van der Waals surface area contributed by atoms with Gasteiger partial charge in [0.1, 0.15) is 4.60 Å². The van der Waals surface area contributed by atoms with E-state index in [9.17, 15) is 18.0 Å². The molecule has 0 aromatic carbocycles. The van der Waals surface area contributed by atoms with Crippen LogP contribution >= 0.6 is 15.9 Å². The summed E-state index contributed by atoms with van der Waals surface area (Å²) in [6.45, 7) is 0. The van der Waals surface area contributed by atoms with Gasteiger partial charge in [-0.05, 0) is 22.0 Å². The Hall–Kier alpha value is -1.11. The summed E-state index contributed by atoms with van der Waals surface area (Å²) in [7, 11) is 0. The third kappa shape index (κ3) is 2.03. The maximum absolute atomic E-state index is 12.7. The Morgan fingerprint density at radius 1 is 1.57 bits per heavy atom. The van der Waals surface area contributed by atoms with E-state index >= 15 is 0 Å². The molecule has 0 radical (unpaired) electrons. The summed E-state index contributed by atoms with van der Waals surface area (Å²) in [5, 5.41) is 8.53. The zero-order chi connectivity index (χ0) is 10.9. The van der Waals surface area contributed by atoms with Crippen molar-refractivity contribution in [2.24, 2.45) is 0 Å². The van der Waals surface area contributed by atoms with Gasteiger partial charge in [0.05, 0.1) is 11.1 Å². The maximum Gasteiger partial charge on any atom is 0.338 e. The van der Waals surface area contributed by atoms with Crippen LogP contribution in [0.25, 0.3) is 0 Å². The second kappa shape index (κ2) is 3.95. The Kier molecular flexibility index (Phi) is 3.10. The van der Waals surface area contributed by atoms with Crippen molar-refractivity contribution in [1.82, 2.24) is 4.98 Å². The first-order valence-electron chi connectivity index (χ1n) is 3.31. The monoisotopic (exact) mass is 269 g/mol. The molecule has 0 atom stereocenters. The normalized spacial score (nSPS) is 10.6. The van der Waals surface area contributed by atoms with Gasteiger partial charge in [0, 0.05) is 0 Å². The SMILES string of the molecule is O=C(O)c1cc(C(F)F)c(F)nc1Br. The zero-order valence-electron chi connectivity index (χ0n) is 6.47. The van der Waals surface area contributed by atoms with E-state index in [-0.39, 0.29) is 4.60 Å². The lowest BCUT2D eigenvalue weighted by atomic mass is 10.2. The molecule has 0 aliphatic carbocycles. The number of carboxylic acids is 1. The minimum absolute atomic E-state index is 0.313. The highest BCUT2D eigenvalue weighted by Crippen LogP contribution is 2.25. The molecule has 0 aliphatic heterocycles. The molecule has 0 spiro atoms. The van der Waals surface area contributed by atoms with Crippen LogP contribution in [0.2, 0.25) is 0 Å². The molecule has 0 amide bonds. The number of carboxylic acid groups (broad SMARTS) is 1. The Balaban J connectivity index is 3.34. The predicted molar refractivity (Wildman–Crippen MR) is 43.8 cm³/mol. The number of carbonyl (C=O) groups is 1. The second-order valence-electron chi connectivity index (χ2n) is 2.31. The molecule has 0 fully saturated rings. The molecule has 0 unspecified atom stereocenters. The van der Waals surface area contributed by atoms with Gasteiger partial charge in [-0.3, -0.25) is 0 Å². The molecule has 14 heavy (non-hydrogen) atoms. The van der Waals surface area contributed by atoms with Gasteiger partial charge in [0.25, 0.3) is 6.43 Å². The summed E-state index contributed by atoms with van der Waals surface area (Å²) in [4.78, 5) is 13.5. The summed E-state index contributed by atoms with van der Waals surface area (Å²) in [6.07, 6.45) is -3.09. The number of alkyl halides is 2. The van der Waals surface area contributed by atoms with E-state index in [2.05, 4.69) is 20.9 Å². The van der Waals surface area contributed by atoms with Crippen LogP contribution in [0.3, 0.4) is 0 Å². The third-order valence-electron chi connectivity index (χ3n) is 1.42. The van der Waals surface area contributed by atoms with E-state index in [0.717, 1.165) is 0 Å². The molecule has 0 bridgehead atoms. The fourth-order valence-corrected chi connectivity index (χ4v) is 1.23. The molecule has 0 saturated heterocycles. The van der Waals surface area contributed by atoms with Gasteiger partial charge in [-0.1, -0.05) is 0 Å². The van der Waals surface area contributed by atoms with Crippen molar-refractivity contribution in [3.63, 3.8) is 0 Å². The first-order chi connectivity index (χ1) is 6.43. The molecule has 7 heteroatoms. The number of halogens is 4. The van der Waals surface area contributed by atoms with Gasteiger partial charge in [0.2, 0.25) is 5.95 Å². The fourth-order valence-electron chi connectivity index (χ4n) is 0.789. The van der Waals surface area contributed by atoms with Gasteiger partial charge in [-0.15, -0.1) is 0 Å². The van der Waals surface area contributed by atoms with Crippen molar-refractivity contribution >= 4 is 21.9 Å². The number of hydrogen-bond donors (Lipinski definition) is 1. The van der Waals surface area contributed by atoms with E-state index < -0.39 is 29.5 Å². The summed E-state index contributed by atoms with van der Waals surface area (Å²) in [6, 6.07) is 0.555. The molecule has 1 N–H and O–H groups in total. The molecule has 0 saturated carbocycles. The second-order valence-corrected chi connectivity index (χ2v) is 3.06. The van der Waals surface area contributed by atoms with Crippen LogP contribution in [-0.2, 0) is 0 Å². The minimum atomic E-state index is -3.09. The van der Waals surface area contributed by atoms with Gasteiger partial charge in [0.15, 0.2) is 0 Å². The highest BCUT2D eigenvalue weighted by atomic mass is 79.9. The smallest absolute Gasteiger partial charge is 0.338 e.